The monoisotopic (exact) mass is 332 g/mol. The van der Waals surface area contributed by atoms with E-state index in [1.54, 1.807) is 6.07 Å². The van der Waals surface area contributed by atoms with Crippen molar-refractivity contribution in [2.75, 3.05) is 0 Å². The van der Waals surface area contributed by atoms with E-state index >= 15 is 0 Å². The molecule has 0 heterocycles. The maximum absolute atomic E-state index is 13.5. The van der Waals surface area contributed by atoms with E-state index in [4.69, 9.17) is 0 Å². The fourth-order valence-corrected chi connectivity index (χ4v) is 3.08. The minimum atomic E-state index is -0.399. The van der Waals surface area contributed by atoms with Gasteiger partial charge in [-0.1, -0.05) is 46.6 Å². The largest absolute Gasteiger partial charge is 0.289 e. The first-order valence-electron chi connectivity index (χ1n) is 6.75. The lowest BCUT2D eigenvalue weighted by Crippen LogP contribution is -2.14. The second kappa shape index (κ2) is 5.49. The van der Waals surface area contributed by atoms with Gasteiger partial charge in [-0.25, -0.2) is 4.39 Å². The zero-order valence-corrected chi connectivity index (χ0v) is 12.5. The van der Waals surface area contributed by atoms with Gasteiger partial charge in [-0.05, 0) is 42.5 Å². The van der Waals surface area contributed by atoms with Crippen LogP contribution in [-0.2, 0) is 0 Å². The van der Waals surface area contributed by atoms with Gasteiger partial charge in [-0.2, -0.15) is 0 Å². The van der Waals surface area contributed by atoms with Gasteiger partial charge in [0.05, 0.1) is 0 Å². The van der Waals surface area contributed by atoms with Crippen LogP contribution in [0.2, 0.25) is 0 Å². The van der Waals surface area contributed by atoms with Crippen LogP contribution in [0.1, 0.15) is 46.7 Å². The third-order valence-corrected chi connectivity index (χ3v) is 4.33. The molecule has 0 aliphatic heterocycles. The van der Waals surface area contributed by atoms with Gasteiger partial charge in [0.25, 0.3) is 0 Å². The van der Waals surface area contributed by atoms with Crippen molar-refractivity contribution in [3.8, 4) is 0 Å². The molecule has 0 atom stereocenters. The summed E-state index contributed by atoms with van der Waals surface area (Å²) in [7, 11) is 0. The van der Waals surface area contributed by atoms with Crippen LogP contribution in [-0.4, -0.2) is 5.78 Å². The van der Waals surface area contributed by atoms with Crippen molar-refractivity contribution in [1.82, 2.24) is 0 Å². The van der Waals surface area contributed by atoms with Crippen molar-refractivity contribution < 1.29 is 9.18 Å². The summed E-state index contributed by atoms with van der Waals surface area (Å²) >= 11 is 3.23. The summed E-state index contributed by atoms with van der Waals surface area (Å²) in [6.07, 6.45) is 3.49. The summed E-state index contributed by atoms with van der Waals surface area (Å²) in [6.45, 7) is 0. The summed E-state index contributed by atoms with van der Waals surface area (Å²) < 4.78 is 14.0. The molecule has 3 heteroatoms. The van der Waals surface area contributed by atoms with E-state index in [2.05, 4.69) is 15.9 Å². The Hall–Kier alpha value is -1.48. The molecule has 0 saturated heterocycles. The average Bonchev–Trinajstić information content (AvgIpc) is 2.35. The number of hydrogen-bond donors (Lipinski definition) is 0. The summed E-state index contributed by atoms with van der Waals surface area (Å²) in [5.41, 5.74) is 2.20. The van der Waals surface area contributed by atoms with E-state index in [1.165, 1.54) is 18.6 Å². The highest BCUT2D eigenvalue weighted by Gasteiger charge is 2.24. The van der Waals surface area contributed by atoms with Crippen molar-refractivity contribution in [2.45, 2.75) is 25.2 Å². The van der Waals surface area contributed by atoms with E-state index in [0.29, 0.717) is 21.5 Å². The van der Waals surface area contributed by atoms with Crippen LogP contribution in [0, 0.1) is 5.82 Å². The van der Waals surface area contributed by atoms with Crippen molar-refractivity contribution in [2.24, 2.45) is 0 Å². The maximum atomic E-state index is 13.5. The average molecular weight is 333 g/mol. The van der Waals surface area contributed by atoms with Gasteiger partial charge in [-0.3, -0.25) is 4.79 Å². The fraction of sp³-hybridized carbons (Fsp3) is 0.235. The molecule has 0 radical (unpaired) electrons. The van der Waals surface area contributed by atoms with Gasteiger partial charge in [-0.15, -0.1) is 0 Å². The molecule has 0 aromatic heterocycles. The van der Waals surface area contributed by atoms with E-state index in [9.17, 15) is 9.18 Å². The first kappa shape index (κ1) is 13.5. The molecule has 1 saturated carbocycles. The third kappa shape index (κ3) is 2.55. The smallest absolute Gasteiger partial charge is 0.193 e. The van der Waals surface area contributed by atoms with E-state index < -0.39 is 5.82 Å². The topological polar surface area (TPSA) is 17.1 Å². The minimum Gasteiger partial charge on any atom is -0.289 e. The Balaban J connectivity index is 2.01. The number of carbonyl (C=O) groups is 1. The number of halogens is 2. The van der Waals surface area contributed by atoms with E-state index in [0.717, 1.165) is 18.4 Å². The lowest BCUT2D eigenvalue weighted by Gasteiger charge is -2.27. The first-order valence-corrected chi connectivity index (χ1v) is 7.54. The van der Waals surface area contributed by atoms with Crippen LogP contribution in [0.5, 0.6) is 0 Å². The van der Waals surface area contributed by atoms with Gasteiger partial charge in [0, 0.05) is 15.6 Å². The first-order chi connectivity index (χ1) is 9.65. The quantitative estimate of drug-likeness (QED) is 0.716. The van der Waals surface area contributed by atoms with Crippen LogP contribution in [0.3, 0.4) is 0 Å². The zero-order chi connectivity index (χ0) is 14.1. The summed E-state index contributed by atoms with van der Waals surface area (Å²) in [5, 5.41) is 0. The van der Waals surface area contributed by atoms with E-state index in [1.807, 2.05) is 24.3 Å². The molecule has 0 N–H and O–H groups in total. The molecular formula is C17H14BrFO. The van der Waals surface area contributed by atoms with Crippen LogP contribution >= 0.6 is 15.9 Å². The summed E-state index contributed by atoms with van der Waals surface area (Å²) in [4.78, 5) is 12.6. The van der Waals surface area contributed by atoms with Crippen molar-refractivity contribution in [3.63, 3.8) is 0 Å². The molecule has 2 aromatic rings. The van der Waals surface area contributed by atoms with Gasteiger partial charge >= 0.3 is 0 Å². The molecule has 0 amide bonds. The fourth-order valence-electron chi connectivity index (χ4n) is 2.62. The van der Waals surface area contributed by atoms with Crippen molar-refractivity contribution in [1.29, 1.82) is 0 Å². The van der Waals surface area contributed by atoms with Gasteiger partial charge < -0.3 is 0 Å². The second-order valence-corrected chi connectivity index (χ2v) is 6.12. The van der Waals surface area contributed by atoms with Crippen molar-refractivity contribution >= 4 is 21.7 Å². The highest BCUT2D eigenvalue weighted by Crippen LogP contribution is 2.38. The van der Waals surface area contributed by atoms with E-state index in [-0.39, 0.29) is 5.78 Å². The molecule has 2 aromatic carbocycles. The minimum absolute atomic E-state index is 0.104. The highest BCUT2D eigenvalue weighted by atomic mass is 79.9. The molecule has 0 bridgehead atoms. The molecule has 1 aliphatic carbocycles. The summed E-state index contributed by atoms with van der Waals surface area (Å²) in [5.74, 6) is -0.0244. The molecule has 3 rings (SSSR count). The predicted molar refractivity (Wildman–Crippen MR) is 80.6 cm³/mol. The van der Waals surface area contributed by atoms with Crippen LogP contribution < -0.4 is 0 Å². The Kier molecular flexibility index (Phi) is 3.70. The van der Waals surface area contributed by atoms with Crippen molar-refractivity contribution in [3.05, 3.63) is 69.4 Å². The second-order valence-electron chi connectivity index (χ2n) is 5.20. The highest BCUT2D eigenvalue weighted by molar-refractivity contribution is 9.10. The number of rotatable bonds is 3. The normalized spacial score (nSPS) is 14.9. The lowest BCUT2D eigenvalue weighted by molar-refractivity contribution is 0.103. The number of ketones is 1. The standard InChI is InChI=1S/C17H14BrFO/c18-13-8-12(9-14(19)10-13)17(20)16-7-2-1-6-15(16)11-4-3-5-11/h1-2,6-11H,3-5H2. The lowest BCUT2D eigenvalue weighted by atomic mass is 9.77. The summed E-state index contributed by atoms with van der Waals surface area (Å²) in [6, 6.07) is 12.0. The number of hydrogen-bond acceptors (Lipinski definition) is 1. The molecule has 1 aliphatic rings. The Bertz CT molecular complexity index is 642. The van der Waals surface area contributed by atoms with Gasteiger partial charge in [0.15, 0.2) is 5.78 Å². The molecule has 20 heavy (non-hydrogen) atoms. The third-order valence-electron chi connectivity index (χ3n) is 3.88. The molecule has 0 spiro atoms. The Morgan fingerprint density at radius 1 is 1.15 bits per heavy atom. The predicted octanol–water partition coefficient (Wildman–Crippen LogP) is 5.09. The Morgan fingerprint density at radius 2 is 1.90 bits per heavy atom. The Morgan fingerprint density at radius 3 is 2.55 bits per heavy atom. The number of benzene rings is 2. The van der Waals surface area contributed by atoms with Gasteiger partial charge in [0.2, 0.25) is 0 Å². The maximum Gasteiger partial charge on any atom is 0.193 e. The molecule has 102 valence electrons. The molecule has 1 fully saturated rings. The molecular weight excluding hydrogens is 319 g/mol. The zero-order valence-electron chi connectivity index (χ0n) is 10.9. The Labute approximate surface area is 126 Å². The number of carbonyl (C=O) groups excluding carboxylic acids is 1. The SMILES string of the molecule is O=C(c1cc(F)cc(Br)c1)c1ccccc1C1CCC1. The molecule has 1 nitrogen and oxygen atoms in total. The van der Waals surface area contributed by atoms with Crippen LogP contribution in [0.15, 0.2) is 46.9 Å². The molecule has 0 unspecified atom stereocenters. The van der Waals surface area contributed by atoms with Crippen LogP contribution in [0.4, 0.5) is 4.39 Å². The van der Waals surface area contributed by atoms with Gasteiger partial charge in [0.1, 0.15) is 5.82 Å². The van der Waals surface area contributed by atoms with Crippen LogP contribution in [0.25, 0.3) is 0 Å².